The zero-order valence-corrected chi connectivity index (χ0v) is 9.44. The van der Waals surface area contributed by atoms with Crippen molar-refractivity contribution in [3.8, 4) is 0 Å². The Morgan fingerprint density at radius 3 is 1.92 bits per heavy atom. The van der Waals surface area contributed by atoms with Crippen molar-refractivity contribution in [1.29, 1.82) is 0 Å². The molecule has 1 aliphatic rings. The fraction of sp³-hybridized carbons (Fsp3) is 1.00. The van der Waals surface area contributed by atoms with Gasteiger partial charge in [0.1, 0.15) is 0 Å². The third-order valence-electron chi connectivity index (χ3n) is 2.84. The highest BCUT2D eigenvalue weighted by Gasteiger charge is 2.39. The van der Waals surface area contributed by atoms with E-state index in [2.05, 4.69) is 46.4 Å². The Morgan fingerprint density at radius 1 is 1.25 bits per heavy atom. The van der Waals surface area contributed by atoms with E-state index in [4.69, 9.17) is 0 Å². The molecule has 0 unspecified atom stereocenters. The van der Waals surface area contributed by atoms with Crippen LogP contribution < -0.4 is 0 Å². The van der Waals surface area contributed by atoms with Crippen molar-refractivity contribution < 1.29 is 0 Å². The van der Waals surface area contributed by atoms with Crippen LogP contribution in [0.4, 0.5) is 0 Å². The molecule has 1 nitrogen and oxygen atoms in total. The summed E-state index contributed by atoms with van der Waals surface area (Å²) in [5.74, 6) is 0. The molecule has 0 radical (unpaired) electrons. The van der Waals surface area contributed by atoms with Crippen molar-refractivity contribution in [2.24, 2.45) is 5.41 Å². The predicted molar refractivity (Wildman–Crippen MR) is 54.3 cm³/mol. The summed E-state index contributed by atoms with van der Waals surface area (Å²) in [6.07, 6.45) is 1.34. The van der Waals surface area contributed by atoms with Crippen LogP contribution in [0.1, 0.15) is 48.0 Å². The van der Waals surface area contributed by atoms with Crippen LogP contribution in [0.3, 0.4) is 0 Å². The largest absolute Gasteiger partial charge is 0.295 e. The first-order valence-electron chi connectivity index (χ1n) is 4.99. The van der Waals surface area contributed by atoms with E-state index in [1.807, 2.05) is 0 Å². The maximum Gasteiger partial charge on any atom is 0.0128 e. The van der Waals surface area contributed by atoms with Gasteiger partial charge in [-0.2, -0.15) is 0 Å². The molecule has 1 aliphatic heterocycles. The van der Waals surface area contributed by atoms with Gasteiger partial charge in [0.2, 0.25) is 0 Å². The molecule has 1 fully saturated rings. The fourth-order valence-corrected chi connectivity index (χ4v) is 2.49. The van der Waals surface area contributed by atoms with Crippen LogP contribution in [-0.2, 0) is 0 Å². The Labute approximate surface area is 77.1 Å². The first kappa shape index (κ1) is 10.0. The van der Waals surface area contributed by atoms with Crippen molar-refractivity contribution in [2.45, 2.75) is 59.5 Å². The van der Waals surface area contributed by atoms with E-state index in [9.17, 15) is 0 Å². The second-order valence-corrected chi connectivity index (χ2v) is 6.02. The van der Waals surface area contributed by atoms with Gasteiger partial charge in [0.05, 0.1) is 0 Å². The molecular formula is C11H23N. The smallest absolute Gasteiger partial charge is 0.0128 e. The maximum absolute atomic E-state index is 2.62. The molecule has 0 aromatic rings. The van der Waals surface area contributed by atoms with E-state index in [0.29, 0.717) is 11.0 Å². The van der Waals surface area contributed by atoms with Gasteiger partial charge in [0.25, 0.3) is 0 Å². The van der Waals surface area contributed by atoms with E-state index in [0.717, 1.165) is 6.04 Å². The molecule has 0 aliphatic carbocycles. The molecule has 0 bridgehead atoms. The Bertz CT molecular complexity index is 164. The molecule has 0 aromatic carbocycles. The van der Waals surface area contributed by atoms with Crippen LogP contribution in [0.2, 0.25) is 0 Å². The standard InChI is InChI=1S/C11H23N/c1-9-7-11(5,6)8-12(9)10(2,3)4/h9H,7-8H2,1-6H3/t9-/m0/s1. The second-order valence-electron chi connectivity index (χ2n) is 6.02. The average Bonchev–Trinajstić information content (AvgIpc) is 2.03. The van der Waals surface area contributed by atoms with Gasteiger partial charge >= 0.3 is 0 Å². The minimum Gasteiger partial charge on any atom is -0.295 e. The molecule has 1 saturated heterocycles. The maximum atomic E-state index is 2.62. The van der Waals surface area contributed by atoms with E-state index in [1.165, 1.54) is 13.0 Å². The summed E-state index contributed by atoms with van der Waals surface area (Å²) in [6.45, 7) is 15.3. The normalized spacial score (nSPS) is 31.0. The zero-order chi connectivity index (χ0) is 9.57. The lowest BCUT2D eigenvalue weighted by Crippen LogP contribution is -2.43. The van der Waals surface area contributed by atoms with Crippen molar-refractivity contribution in [3.05, 3.63) is 0 Å². The fourth-order valence-electron chi connectivity index (χ4n) is 2.49. The Kier molecular flexibility index (Phi) is 2.28. The molecule has 1 rings (SSSR count). The van der Waals surface area contributed by atoms with Crippen molar-refractivity contribution >= 4 is 0 Å². The van der Waals surface area contributed by atoms with Gasteiger partial charge in [0, 0.05) is 18.1 Å². The molecule has 0 aromatic heterocycles. The van der Waals surface area contributed by atoms with Gasteiger partial charge in [-0.15, -0.1) is 0 Å². The monoisotopic (exact) mass is 169 g/mol. The van der Waals surface area contributed by atoms with Gasteiger partial charge in [0.15, 0.2) is 0 Å². The molecule has 0 amide bonds. The number of rotatable bonds is 0. The lowest BCUT2D eigenvalue weighted by atomic mass is 9.91. The summed E-state index contributed by atoms with van der Waals surface area (Å²) in [5.41, 5.74) is 0.861. The van der Waals surface area contributed by atoms with Gasteiger partial charge in [-0.25, -0.2) is 0 Å². The number of likely N-dealkylation sites (tertiary alicyclic amines) is 1. The topological polar surface area (TPSA) is 3.24 Å². The quantitative estimate of drug-likeness (QED) is 0.539. The minimum absolute atomic E-state index is 0.340. The van der Waals surface area contributed by atoms with Crippen molar-refractivity contribution in [3.63, 3.8) is 0 Å². The summed E-state index contributed by atoms with van der Waals surface area (Å²) < 4.78 is 0. The van der Waals surface area contributed by atoms with Crippen molar-refractivity contribution in [2.75, 3.05) is 6.54 Å². The van der Waals surface area contributed by atoms with E-state index in [-0.39, 0.29) is 0 Å². The second kappa shape index (κ2) is 2.73. The molecule has 1 heteroatoms. The molecule has 12 heavy (non-hydrogen) atoms. The van der Waals surface area contributed by atoms with E-state index >= 15 is 0 Å². The molecule has 1 atom stereocenters. The minimum atomic E-state index is 0.340. The third-order valence-corrected chi connectivity index (χ3v) is 2.84. The zero-order valence-electron chi connectivity index (χ0n) is 9.44. The van der Waals surface area contributed by atoms with E-state index in [1.54, 1.807) is 0 Å². The molecule has 1 heterocycles. The number of hydrogen-bond donors (Lipinski definition) is 0. The molecular weight excluding hydrogens is 146 g/mol. The lowest BCUT2D eigenvalue weighted by Gasteiger charge is -2.36. The van der Waals surface area contributed by atoms with Gasteiger partial charge in [-0.1, -0.05) is 13.8 Å². The summed E-state index contributed by atoms with van der Waals surface area (Å²) >= 11 is 0. The summed E-state index contributed by atoms with van der Waals surface area (Å²) in [5, 5.41) is 0. The summed E-state index contributed by atoms with van der Waals surface area (Å²) in [7, 11) is 0. The molecule has 0 spiro atoms. The first-order chi connectivity index (χ1) is 5.22. The van der Waals surface area contributed by atoms with E-state index < -0.39 is 0 Å². The highest BCUT2D eigenvalue weighted by molar-refractivity contribution is 4.93. The van der Waals surface area contributed by atoms with Crippen LogP contribution in [0.25, 0.3) is 0 Å². The van der Waals surface area contributed by atoms with Crippen LogP contribution in [0.5, 0.6) is 0 Å². The van der Waals surface area contributed by atoms with Gasteiger partial charge in [-0.05, 0) is 39.5 Å². The third kappa shape index (κ3) is 2.01. The van der Waals surface area contributed by atoms with Crippen molar-refractivity contribution in [1.82, 2.24) is 4.90 Å². The van der Waals surface area contributed by atoms with Gasteiger partial charge in [-0.3, -0.25) is 4.90 Å². The van der Waals surface area contributed by atoms with Crippen LogP contribution in [0.15, 0.2) is 0 Å². The van der Waals surface area contributed by atoms with Gasteiger partial charge < -0.3 is 0 Å². The van der Waals surface area contributed by atoms with Crippen LogP contribution in [-0.4, -0.2) is 23.0 Å². The number of nitrogens with zero attached hydrogens (tertiary/aromatic N) is 1. The molecule has 0 saturated carbocycles. The average molecular weight is 169 g/mol. The molecule has 0 N–H and O–H groups in total. The van der Waals surface area contributed by atoms with Crippen LogP contribution in [0, 0.1) is 5.41 Å². The lowest BCUT2D eigenvalue weighted by molar-refractivity contribution is 0.121. The number of hydrogen-bond acceptors (Lipinski definition) is 1. The highest BCUT2D eigenvalue weighted by atomic mass is 15.2. The highest BCUT2D eigenvalue weighted by Crippen LogP contribution is 2.37. The SMILES string of the molecule is C[C@H]1CC(C)(C)CN1C(C)(C)C. The Hall–Kier alpha value is -0.0400. The molecule has 72 valence electrons. The Balaban J connectivity index is 2.71. The predicted octanol–water partition coefficient (Wildman–Crippen LogP) is 2.91. The summed E-state index contributed by atoms with van der Waals surface area (Å²) in [4.78, 5) is 2.62. The summed E-state index contributed by atoms with van der Waals surface area (Å²) in [6, 6.07) is 0.750. The van der Waals surface area contributed by atoms with Crippen LogP contribution >= 0.6 is 0 Å². The first-order valence-corrected chi connectivity index (χ1v) is 4.99. The Morgan fingerprint density at radius 2 is 1.75 bits per heavy atom.